The Kier molecular flexibility index (Phi) is 3.95. The Morgan fingerprint density at radius 2 is 1.95 bits per heavy atom. The van der Waals surface area contributed by atoms with Crippen LogP contribution in [-0.2, 0) is 6.54 Å². The van der Waals surface area contributed by atoms with Crippen molar-refractivity contribution in [2.75, 3.05) is 0 Å². The molecule has 1 aromatic heterocycles. The lowest BCUT2D eigenvalue weighted by molar-refractivity contribution is 0.572. The Balaban J connectivity index is 1.72. The second-order valence-electron chi connectivity index (χ2n) is 5.16. The minimum atomic E-state index is -0.209. The highest BCUT2D eigenvalue weighted by Crippen LogP contribution is 2.22. The summed E-state index contributed by atoms with van der Waals surface area (Å²) in [6.07, 6.45) is 1.99. The number of halogens is 2. The van der Waals surface area contributed by atoms with Crippen molar-refractivity contribution < 1.29 is 4.39 Å². The average Bonchev–Trinajstić information content (AvgIpc) is 2.87. The highest BCUT2D eigenvalue weighted by Gasteiger charge is 2.08. The maximum Gasteiger partial charge on any atom is 0.123 e. The van der Waals surface area contributed by atoms with Crippen LogP contribution in [0, 0.1) is 5.82 Å². The van der Waals surface area contributed by atoms with Gasteiger partial charge in [0, 0.05) is 34.7 Å². The van der Waals surface area contributed by atoms with Crippen molar-refractivity contribution in [3.63, 3.8) is 0 Å². The molecule has 4 heteroatoms. The monoisotopic (exact) mass is 302 g/mol. The normalized spacial score (nSPS) is 12.7. The zero-order chi connectivity index (χ0) is 14.8. The minimum absolute atomic E-state index is 0.155. The standard InChI is InChI=1S/C17H16ClFN2/c1-11(12-2-5-15(19)6-3-12)20-9-13-10-21-17-8-14(18)4-7-16(13)17/h2-8,10-11,20-21H,9H2,1H3/t11-/m1/s1. The van der Waals surface area contributed by atoms with Gasteiger partial charge in [0.05, 0.1) is 0 Å². The molecule has 0 aliphatic heterocycles. The largest absolute Gasteiger partial charge is 0.361 e. The van der Waals surface area contributed by atoms with Crippen LogP contribution in [0.1, 0.15) is 24.1 Å². The summed E-state index contributed by atoms with van der Waals surface area (Å²) in [7, 11) is 0. The van der Waals surface area contributed by atoms with Crippen molar-refractivity contribution in [3.05, 3.63) is 70.6 Å². The van der Waals surface area contributed by atoms with E-state index in [4.69, 9.17) is 11.6 Å². The number of aromatic amines is 1. The molecule has 0 unspecified atom stereocenters. The van der Waals surface area contributed by atoms with E-state index in [-0.39, 0.29) is 11.9 Å². The summed E-state index contributed by atoms with van der Waals surface area (Å²) >= 11 is 5.98. The molecule has 0 radical (unpaired) electrons. The SMILES string of the molecule is C[C@@H](NCc1c[nH]c2cc(Cl)ccc12)c1ccc(F)cc1. The fourth-order valence-electron chi connectivity index (χ4n) is 2.44. The maximum atomic E-state index is 12.9. The molecule has 2 N–H and O–H groups in total. The first-order valence-corrected chi connectivity index (χ1v) is 7.25. The lowest BCUT2D eigenvalue weighted by atomic mass is 10.1. The second kappa shape index (κ2) is 5.88. The van der Waals surface area contributed by atoms with E-state index in [1.54, 1.807) is 0 Å². The first-order valence-electron chi connectivity index (χ1n) is 6.88. The summed E-state index contributed by atoms with van der Waals surface area (Å²) in [6, 6.07) is 12.6. The number of H-pyrrole nitrogens is 1. The topological polar surface area (TPSA) is 27.8 Å². The van der Waals surface area contributed by atoms with E-state index in [1.807, 2.05) is 36.5 Å². The number of nitrogens with one attached hydrogen (secondary N) is 2. The summed E-state index contributed by atoms with van der Waals surface area (Å²) in [5.41, 5.74) is 3.30. The molecule has 21 heavy (non-hydrogen) atoms. The molecule has 2 nitrogen and oxygen atoms in total. The highest BCUT2D eigenvalue weighted by atomic mass is 35.5. The van der Waals surface area contributed by atoms with Crippen molar-refractivity contribution in [2.24, 2.45) is 0 Å². The van der Waals surface area contributed by atoms with Crippen LogP contribution in [0.5, 0.6) is 0 Å². The molecule has 1 atom stereocenters. The van der Waals surface area contributed by atoms with E-state index >= 15 is 0 Å². The Hall–Kier alpha value is -1.84. The van der Waals surface area contributed by atoms with Gasteiger partial charge in [-0.2, -0.15) is 0 Å². The number of fused-ring (bicyclic) bond motifs is 1. The Bertz CT molecular complexity index is 749. The predicted molar refractivity (Wildman–Crippen MR) is 85.0 cm³/mol. The Morgan fingerprint density at radius 3 is 2.71 bits per heavy atom. The number of hydrogen-bond acceptors (Lipinski definition) is 1. The number of hydrogen-bond donors (Lipinski definition) is 2. The minimum Gasteiger partial charge on any atom is -0.361 e. The smallest absolute Gasteiger partial charge is 0.123 e. The molecule has 0 aliphatic carbocycles. The van der Waals surface area contributed by atoms with Crippen LogP contribution >= 0.6 is 11.6 Å². The molecule has 0 amide bonds. The van der Waals surface area contributed by atoms with Gasteiger partial charge in [-0.1, -0.05) is 29.8 Å². The summed E-state index contributed by atoms with van der Waals surface area (Å²) in [5.74, 6) is -0.209. The van der Waals surface area contributed by atoms with Crippen molar-refractivity contribution in [1.82, 2.24) is 10.3 Å². The third-order valence-corrected chi connectivity index (χ3v) is 3.93. The first kappa shape index (κ1) is 14.1. The van der Waals surface area contributed by atoms with Crippen molar-refractivity contribution in [1.29, 1.82) is 0 Å². The quantitative estimate of drug-likeness (QED) is 0.711. The zero-order valence-corrected chi connectivity index (χ0v) is 12.4. The van der Waals surface area contributed by atoms with Crippen LogP contribution in [0.2, 0.25) is 5.02 Å². The molecule has 0 fully saturated rings. The molecule has 0 spiro atoms. The summed E-state index contributed by atoms with van der Waals surface area (Å²) in [6.45, 7) is 2.80. The van der Waals surface area contributed by atoms with Gasteiger partial charge in [0.2, 0.25) is 0 Å². The number of aromatic nitrogens is 1. The van der Waals surface area contributed by atoms with Crippen LogP contribution in [0.3, 0.4) is 0 Å². The fraction of sp³-hybridized carbons (Fsp3) is 0.176. The average molecular weight is 303 g/mol. The molecule has 0 saturated carbocycles. The molecule has 0 bridgehead atoms. The molecule has 0 aliphatic rings. The molecule has 108 valence electrons. The first-order chi connectivity index (χ1) is 10.1. The lowest BCUT2D eigenvalue weighted by Crippen LogP contribution is -2.17. The van der Waals surface area contributed by atoms with Crippen molar-refractivity contribution in [2.45, 2.75) is 19.5 Å². The van der Waals surface area contributed by atoms with E-state index in [9.17, 15) is 4.39 Å². The van der Waals surface area contributed by atoms with Crippen LogP contribution in [-0.4, -0.2) is 4.98 Å². The third-order valence-electron chi connectivity index (χ3n) is 3.70. The van der Waals surface area contributed by atoms with Gasteiger partial charge < -0.3 is 10.3 Å². The van der Waals surface area contributed by atoms with Gasteiger partial charge in [0.15, 0.2) is 0 Å². The lowest BCUT2D eigenvalue weighted by Gasteiger charge is -2.14. The molecule has 0 saturated heterocycles. The van der Waals surface area contributed by atoms with Crippen LogP contribution in [0.15, 0.2) is 48.7 Å². The van der Waals surface area contributed by atoms with Crippen LogP contribution in [0.25, 0.3) is 10.9 Å². The molecule has 3 aromatic rings. The maximum absolute atomic E-state index is 12.9. The Morgan fingerprint density at radius 1 is 1.19 bits per heavy atom. The third kappa shape index (κ3) is 3.09. The number of benzene rings is 2. The van der Waals surface area contributed by atoms with E-state index in [1.165, 1.54) is 23.1 Å². The van der Waals surface area contributed by atoms with E-state index < -0.39 is 0 Å². The molecule has 3 rings (SSSR count). The molecular formula is C17H16ClFN2. The highest BCUT2D eigenvalue weighted by molar-refractivity contribution is 6.31. The van der Waals surface area contributed by atoms with E-state index in [0.29, 0.717) is 0 Å². The van der Waals surface area contributed by atoms with Gasteiger partial charge in [-0.3, -0.25) is 0 Å². The zero-order valence-electron chi connectivity index (χ0n) is 11.7. The van der Waals surface area contributed by atoms with Gasteiger partial charge in [0.1, 0.15) is 5.82 Å². The van der Waals surface area contributed by atoms with Gasteiger partial charge in [-0.25, -0.2) is 4.39 Å². The van der Waals surface area contributed by atoms with Crippen molar-refractivity contribution >= 4 is 22.5 Å². The predicted octanol–water partition coefficient (Wildman–Crippen LogP) is 4.81. The van der Waals surface area contributed by atoms with Gasteiger partial charge in [-0.15, -0.1) is 0 Å². The number of rotatable bonds is 4. The van der Waals surface area contributed by atoms with Gasteiger partial charge in [-0.05, 0) is 42.3 Å². The van der Waals surface area contributed by atoms with Crippen molar-refractivity contribution in [3.8, 4) is 0 Å². The van der Waals surface area contributed by atoms with E-state index in [2.05, 4.69) is 17.2 Å². The van der Waals surface area contributed by atoms with Gasteiger partial charge in [0.25, 0.3) is 0 Å². The van der Waals surface area contributed by atoms with Crippen LogP contribution in [0.4, 0.5) is 4.39 Å². The molecular weight excluding hydrogens is 287 g/mol. The Labute approximate surface area is 127 Å². The molecule has 2 aromatic carbocycles. The fourth-order valence-corrected chi connectivity index (χ4v) is 2.61. The van der Waals surface area contributed by atoms with E-state index in [0.717, 1.165) is 22.6 Å². The van der Waals surface area contributed by atoms with Crippen LogP contribution < -0.4 is 5.32 Å². The van der Waals surface area contributed by atoms with Gasteiger partial charge >= 0.3 is 0 Å². The summed E-state index contributed by atoms with van der Waals surface area (Å²) < 4.78 is 12.9. The second-order valence-corrected chi connectivity index (χ2v) is 5.59. The summed E-state index contributed by atoms with van der Waals surface area (Å²) in [5, 5.41) is 5.34. The molecule has 1 heterocycles. The summed E-state index contributed by atoms with van der Waals surface area (Å²) in [4.78, 5) is 3.23.